The molecule has 0 fully saturated rings. The van der Waals surface area contributed by atoms with Crippen LogP contribution in [0, 0.1) is 0 Å². The zero-order valence-corrected chi connectivity index (χ0v) is 12.3. The van der Waals surface area contributed by atoms with E-state index in [-0.39, 0.29) is 5.56 Å². The SMILES string of the molecule is CN(Cc1ccccc1)Cn1nc(-c2ccco2)ccc1=O. The van der Waals surface area contributed by atoms with Crippen molar-refractivity contribution in [2.24, 2.45) is 0 Å². The second-order valence-corrected chi connectivity index (χ2v) is 5.17. The average Bonchev–Trinajstić information content (AvgIpc) is 3.05. The van der Waals surface area contributed by atoms with Gasteiger partial charge in [0.15, 0.2) is 5.76 Å². The molecule has 0 bridgehead atoms. The fraction of sp³-hybridized carbons (Fsp3) is 0.176. The van der Waals surface area contributed by atoms with Gasteiger partial charge < -0.3 is 4.42 Å². The molecule has 3 rings (SSSR count). The lowest BCUT2D eigenvalue weighted by Crippen LogP contribution is -2.31. The maximum atomic E-state index is 12.0. The van der Waals surface area contributed by atoms with Crippen LogP contribution >= 0.6 is 0 Å². The summed E-state index contributed by atoms with van der Waals surface area (Å²) < 4.78 is 6.77. The van der Waals surface area contributed by atoms with E-state index < -0.39 is 0 Å². The Morgan fingerprint density at radius 1 is 1.09 bits per heavy atom. The second-order valence-electron chi connectivity index (χ2n) is 5.17. The molecule has 0 saturated heterocycles. The van der Waals surface area contributed by atoms with Gasteiger partial charge in [0, 0.05) is 12.6 Å². The van der Waals surface area contributed by atoms with Gasteiger partial charge in [0.2, 0.25) is 0 Å². The minimum Gasteiger partial charge on any atom is -0.463 e. The molecule has 0 N–H and O–H groups in total. The lowest BCUT2D eigenvalue weighted by atomic mass is 10.2. The third-order valence-electron chi connectivity index (χ3n) is 3.31. The van der Waals surface area contributed by atoms with E-state index in [2.05, 4.69) is 17.2 Å². The van der Waals surface area contributed by atoms with Crippen molar-refractivity contribution in [3.8, 4) is 11.5 Å². The first-order valence-electron chi connectivity index (χ1n) is 7.07. The minimum atomic E-state index is -0.129. The first kappa shape index (κ1) is 14.3. The highest BCUT2D eigenvalue weighted by Gasteiger charge is 2.08. The molecule has 0 aliphatic heterocycles. The topological polar surface area (TPSA) is 51.3 Å². The van der Waals surface area contributed by atoms with E-state index >= 15 is 0 Å². The number of benzene rings is 1. The summed E-state index contributed by atoms with van der Waals surface area (Å²) >= 11 is 0. The van der Waals surface area contributed by atoms with Gasteiger partial charge in [-0.15, -0.1) is 0 Å². The standard InChI is InChI=1S/C17H17N3O2/c1-19(12-14-6-3-2-4-7-14)13-20-17(21)10-9-15(18-20)16-8-5-11-22-16/h2-11H,12-13H2,1H3. The van der Waals surface area contributed by atoms with Crippen LogP contribution < -0.4 is 5.56 Å². The highest BCUT2D eigenvalue weighted by Crippen LogP contribution is 2.15. The van der Waals surface area contributed by atoms with Gasteiger partial charge in [-0.25, -0.2) is 4.68 Å². The highest BCUT2D eigenvalue weighted by molar-refractivity contribution is 5.50. The fourth-order valence-corrected chi connectivity index (χ4v) is 2.28. The third kappa shape index (κ3) is 3.32. The van der Waals surface area contributed by atoms with E-state index in [1.807, 2.05) is 36.2 Å². The van der Waals surface area contributed by atoms with Gasteiger partial charge in [0.25, 0.3) is 5.56 Å². The van der Waals surface area contributed by atoms with Crippen LogP contribution in [0.3, 0.4) is 0 Å². The Morgan fingerprint density at radius 2 is 1.91 bits per heavy atom. The molecule has 112 valence electrons. The molecule has 5 heteroatoms. The highest BCUT2D eigenvalue weighted by atomic mass is 16.3. The molecule has 0 unspecified atom stereocenters. The summed E-state index contributed by atoms with van der Waals surface area (Å²) in [5.41, 5.74) is 1.72. The molecule has 22 heavy (non-hydrogen) atoms. The third-order valence-corrected chi connectivity index (χ3v) is 3.31. The molecule has 1 aromatic carbocycles. The van der Waals surface area contributed by atoms with E-state index in [0.717, 1.165) is 6.54 Å². The van der Waals surface area contributed by atoms with E-state index in [4.69, 9.17) is 4.42 Å². The van der Waals surface area contributed by atoms with Crippen LogP contribution in [0.4, 0.5) is 0 Å². The lowest BCUT2D eigenvalue weighted by molar-refractivity contribution is 0.240. The first-order valence-corrected chi connectivity index (χ1v) is 7.07. The fourth-order valence-electron chi connectivity index (χ4n) is 2.28. The van der Waals surface area contributed by atoms with Crippen molar-refractivity contribution in [3.63, 3.8) is 0 Å². The number of furan rings is 1. The van der Waals surface area contributed by atoms with Crippen LogP contribution in [0.5, 0.6) is 0 Å². The molecule has 5 nitrogen and oxygen atoms in total. The number of rotatable bonds is 5. The largest absolute Gasteiger partial charge is 0.463 e. The number of hydrogen-bond donors (Lipinski definition) is 0. The zero-order valence-electron chi connectivity index (χ0n) is 12.3. The maximum Gasteiger partial charge on any atom is 0.268 e. The predicted octanol–water partition coefficient (Wildman–Crippen LogP) is 2.59. The summed E-state index contributed by atoms with van der Waals surface area (Å²) in [6, 6.07) is 16.9. The van der Waals surface area contributed by atoms with E-state index in [0.29, 0.717) is 18.1 Å². The molecule has 0 amide bonds. The quantitative estimate of drug-likeness (QED) is 0.726. The van der Waals surface area contributed by atoms with Crippen molar-refractivity contribution in [1.82, 2.24) is 14.7 Å². The first-order chi connectivity index (χ1) is 10.7. The summed E-state index contributed by atoms with van der Waals surface area (Å²) in [6.07, 6.45) is 1.59. The van der Waals surface area contributed by atoms with Crippen LogP contribution in [0.2, 0.25) is 0 Å². The van der Waals surface area contributed by atoms with E-state index in [1.165, 1.54) is 16.3 Å². The van der Waals surface area contributed by atoms with Gasteiger partial charge in [-0.1, -0.05) is 30.3 Å². The van der Waals surface area contributed by atoms with Gasteiger partial charge in [-0.2, -0.15) is 5.10 Å². The number of hydrogen-bond acceptors (Lipinski definition) is 4. The van der Waals surface area contributed by atoms with Crippen molar-refractivity contribution in [2.75, 3.05) is 7.05 Å². The Labute approximate surface area is 128 Å². The summed E-state index contributed by atoms with van der Waals surface area (Å²) in [5, 5.41) is 4.37. The molecule has 0 aliphatic rings. The van der Waals surface area contributed by atoms with E-state index in [9.17, 15) is 4.79 Å². The molecule has 0 radical (unpaired) electrons. The molecule has 3 aromatic rings. The Hall–Kier alpha value is -2.66. The smallest absolute Gasteiger partial charge is 0.268 e. The Bertz CT molecular complexity index is 779. The minimum absolute atomic E-state index is 0.129. The van der Waals surface area contributed by atoms with Gasteiger partial charge >= 0.3 is 0 Å². The molecule has 0 atom stereocenters. The molecule has 0 aliphatic carbocycles. The molecule has 0 saturated carbocycles. The Kier molecular flexibility index (Phi) is 4.16. The van der Waals surface area contributed by atoms with Crippen LogP contribution in [0.1, 0.15) is 5.56 Å². The second kappa shape index (κ2) is 6.41. The van der Waals surface area contributed by atoms with Gasteiger partial charge in [-0.3, -0.25) is 9.69 Å². The molecule has 2 aromatic heterocycles. The van der Waals surface area contributed by atoms with Gasteiger partial charge in [-0.05, 0) is 30.8 Å². The average molecular weight is 295 g/mol. The predicted molar refractivity (Wildman–Crippen MR) is 84.1 cm³/mol. The summed E-state index contributed by atoms with van der Waals surface area (Å²) in [5.74, 6) is 0.652. The number of aromatic nitrogens is 2. The van der Waals surface area contributed by atoms with Crippen LogP contribution in [-0.4, -0.2) is 21.7 Å². The van der Waals surface area contributed by atoms with E-state index in [1.54, 1.807) is 18.4 Å². The zero-order chi connectivity index (χ0) is 15.4. The van der Waals surface area contributed by atoms with Crippen molar-refractivity contribution >= 4 is 0 Å². The van der Waals surface area contributed by atoms with Crippen LogP contribution in [0.25, 0.3) is 11.5 Å². The van der Waals surface area contributed by atoms with Crippen LogP contribution in [-0.2, 0) is 13.2 Å². The van der Waals surface area contributed by atoms with Crippen LogP contribution in [0.15, 0.2) is 70.1 Å². The molecular weight excluding hydrogens is 278 g/mol. The summed E-state index contributed by atoms with van der Waals surface area (Å²) in [6.45, 7) is 1.17. The molecule has 2 heterocycles. The van der Waals surface area contributed by atoms with Crippen molar-refractivity contribution in [1.29, 1.82) is 0 Å². The monoisotopic (exact) mass is 295 g/mol. The van der Waals surface area contributed by atoms with Gasteiger partial charge in [0.05, 0.1) is 12.9 Å². The van der Waals surface area contributed by atoms with Gasteiger partial charge in [0.1, 0.15) is 5.69 Å². The normalized spacial score (nSPS) is 11.0. The lowest BCUT2D eigenvalue weighted by Gasteiger charge is -2.17. The molecule has 0 spiro atoms. The van der Waals surface area contributed by atoms with Crippen molar-refractivity contribution in [3.05, 3.63) is 76.8 Å². The summed E-state index contributed by atoms with van der Waals surface area (Å²) in [4.78, 5) is 14.0. The summed E-state index contributed by atoms with van der Waals surface area (Å²) in [7, 11) is 1.96. The Morgan fingerprint density at radius 3 is 2.64 bits per heavy atom. The van der Waals surface area contributed by atoms with Crippen molar-refractivity contribution in [2.45, 2.75) is 13.2 Å². The maximum absolute atomic E-state index is 12.0. The Balaban J connectivity index is 1.77. The number of nitrogens with zero attached hydrogens (tertiary/aromatic N) is 3. The van der Waals surface area contributed by atoms with Crippen molar-refractivity contribution < 1.29 is 4.42 Å². The molecular formula is C17H17N3O2.